The highest BCUT2D eigenvalue weighted by molar-refractivity contribution is 7.92. The number of rotatable bonds is 5. The topological polar surface area (TPSA) is 57.7 Å². The summed E-state index contributed by atoms with van der Waals surface area (Å²) in [4.78, 5) is 15.0. The van der Waals surface area contributed by atoms with E-state index >= 15 is 0 Å². The minimum absolute atomic E-state index is 0.177. The molecule has 1 amide bonds. The van der Waals surface area contributed by atoms with Crippen LogP contribution >= 0.6 is 0 Å². The number of benzene rings is 2. The van der Waals surface area contributed by atoms with Gasteiger partial charge in [-0.15, -0.1) is 0 Å². The van der Waals surface area contributed by atoms with Crippen molar-refractivity contribution < 1.29 is 13.2 Å². The molecule has 0 aliphatic carbocycles. The molecule has 0 unspecified atom stereocenters. The Morgan fingerprint density at radius 3 is 2.42 bits per heavy atom. The van der Waals surface area contributed by atoms with Gasteiger partial charge in [0, 0.05) is 12.2 Å². The predicted molar refractivity (Wildman–Crippen MR) is 105 cm³/mol. The fraction of sp³-hybridized carbons (Fsp3) is 0.350. The zero-order chi connectivity index (χ0) is 18.9. The minimum atomic E-state index is -3.61. The molecular weight excluding hydrogens is 348 g/mol. The molecule has 0 radical (unpaired) electrons. The highest BCUT2D eigenvalue weighted by Gasteiger charge is 2.36. The van der Waals surface area contributed by atoms with E-state index in [-0.39, 0.29) is 5.91 Å². The second-order valence-electron chi connectivity index (χ2n) is 6.69. The van der Waals surface area contributed by atoms with Crippen LogP contribution in [-0.2, 0) is 21.2 Å². The van der Waals surface area contributed by atoms with E-state index in [1.54, 1.807) is 17.0 Å². The van der Waals surface area contributed by atoms with E-state index in [1.807, 2.05) is 50.2 Å². The highest BCUT2D eigenvalue weighted by atomic mass is 32.2. The zero-order valence-corrected chi connectivity index (χ0v) is 16.2. The van der Waals surface area contributed by atoms with Crippen LogP contribution in [0, 0.1) is 6.92 Å². The first-order valence-corrected chi connectivity index (χ1v) is 10.6. The van der Waals surface area contributed by atoms with Gasteiger partial charge < -0.3 is 4.90 Å². The average Bonchev–Trinajstić information content (AvgIpc) is 3.03. The van der Waals surface area contributed by atoms with E-state index in [0.717, 1.165) is 29.5 Å². The second-order valence-corrected chi connectivity index (χ2v) is 8.55. The standard InChI is InChI=1S/C20H24N2O3S/c1-4-18(20(23)21-14-13-16-7-5-6-8-19(16)21)22(26(3,24)25)17-11-9-15(2)10-12-17/h5-12,18H,4,13-14H2,1-3H3/t18-/m1/s1. The molecule has 138 valence electrons. The summed E-state index contributed by atoms with van der Waals surface area (Å²) in [7, 11) is -3.61. The molecule has 5 nitrogen and oxygen atoms in total. The molecule has 2 aromatic carbocycles. The summed E-state index contributed by atoms with van der Waals surface area (Å²) in [6.45, 7) is 4.37. The van der Waals surface area contributed by atoms with Gasteiger partial charge in [-0.2, -0.15) is 0 Å². The zero-order valence-electron chi connectivity index (χ0n) is 15.3. The maximum Gasteiger partial charge on any atom is 0.250 e. The summed E-state index contributed by atoms with van der Waals surface area (Å²) in [6, 6.07) is 14.2. The third-order valence-corrected chi connectivity index (χ3v) is 5.93. The molecule has 0 saturated heterocycles. The fourth-order valence-corrected chi connectivity index (χ4v) is 4.69. The molecule has 1 aliphatic heterocycles. The van der Waals surface area contributed by atoms with Gasteiger partial charge in [0.25, 0.3) is 5.91 Å². The van der Waals surface area contributed by atoms with Gasteiger partial charge in [0.15, 0.2) is 0 Å². The first kappa shape index (κ1) is 18.5. The Morgan fingerprint density at radius 1 is 1.15 bits per heavy atom. The summed E-state index contributed by atoms with van der Waals surface area (Å²) in [5, 5.41) is 0. The normalized spacial score (nSPS) is 14.8. The number of hydrogen-bond acceptors (Lipinski definition) is 3. The van der Waals surface area contributed by atoms with Gasteiger partial charge in [-0.1, -0.05) is 42.8 Å². The van der Waals surface area contributed by atoms with Crippen molar-refractivity contribution in [3.63, 3.8) is 0 Å². The summed E-state index contributed by atoms with van der Waals surface area (Å²) >= 11 is 0. The van der Waals surface area contributed by atoms with Crippen molar-refractivity contribution in [3.8, 4) is 0 Å². The number of aryl methyl sites for hydroxylation is 1. The molecule has 0 spiro atoms. The molecule has 0 N–H and O–H groups in total. The van der Waals surface area contributed by atoms with Crippen molar-refractivity contribution >= 4 is 27.3 Å². The van der Waals surface area contributed by atoms with Gasteiger partial charge in [0.1, 0.15) is 6.04 Å². The van der Waals surface area contributed by atoms with Crippen LogP contribution in [0.3, 0.4) is 0 Å². The predicted octanol–water partition coefficient (Wildman–Crippen LogP) is 3.13. The Labute approximate surface area is 155 Å². The van der Waals surface area contributed by atoms with Crippen molar-refractivity contribution in [3.05, 3.63) is 59.7 Å². The molecule has 0 aromatic heterocycles. The van der Waals surface area contributed by atoms with Crippen LogP contribution in [0.5, 0.6) is 0 Å². The molecule has 1 heterocycles. The van der Waals surface area contributed by atoms with Gasteiger partial charge >= 0.3 is 0 Å². The average molecular weight is 372 g/mol. The van der Waals surface area contributed by atoms with Crippen LogP contribution < -0.4 is 9.21 Å². The number of carbonyl (C=O) groups is 1. The van der Waals surface area contributed by atoms with Gasteiger partial charge in [-0.05, 0) is 43.5 Å². The van der Waals surface area contributed by atoms with Crippen LogP contribution in [-0.4, -0.2) is 33.2 Å². The Hall–Kier alpha value is -2.34. The van der Waals surface area contributed by atoms with Crippen molar-refractivity contribution in [1.82, 2.24) is 0 Å². The Bertz CT molecular complexity index is 907. The lowest BCUT2D eigenvalue weighted by Crippen LogP contribution is -2.50. The molecule has 1 atom stereocenters. The van der Waals surface area contributed by atoms with E-state index < -0.39 is 16.1 Å². The van der Waals surface area contributed by atoms with E-state index in [4.69, 9.17) is 0 Å². The first-order chi connectivity index (χ1) is 12.3. The summed E-state index contributed by atoms with van der Waals surface area (Å²) in [5.41, 5.74) is 3.56. The van der Waals surface area contributed by atoms with Crippen LogP contribution in [0.15, 0.2) is 48.5 Å². The van der Waals surface area contributed by atoms with E-state index in [1.165, 1.54) is 4.31 Å². The van der Waals surface area contributed by atoms with Crippen molar-refractivity contribution in [2.45, 2.75) is 32.7 Å². The Morgan fingerprint density at radius 2 is 1.81 bits per heavy atom. The van der Waals surface area contributed by atoms with Crippen LogP contribution in [0.2, 0.25) is 0 Å². The Kier molecular flexibility index (Phi) is 5.05. The SMILES string of the molecule is CC[C@H](C(=O)N1CCc2ccccc21)N(c1ccc(C)cc1)S(C)(=O)=O. The van der Waals surface area contributed by atoms with Crippen molar-refractivity contribution in [1.29, 1.82) is 0 Å². The largest absolute Gasteiger partial charge is 0.310 e. The maximum atomic E-state index is 13.3. The molecule has 3 rings (SSSR count). The minimum Gasteiger partial charge on any atom is -0.310 e. The van der Waals surface area contributed by atoms with Gasteiger partial charge in [0.2, 0.25) is 10.0 Å². The number of fused-ring (bicyclic) bond motifs is 1. The Balaban J connectivity index is 1.99. The molecule has 6 heteroatoms. The van der Waals surface area contributed by atoms with Crippen molar-refractivity contribution in [2.75, 3.05) is 22.0 Å². The number of amides is 1. The highest BCUT2D eigenvalue weighted by Crippen LogP contribution is 2.31. The summed E-state index contributed by atoms with van der Waals surface area (Å²) < 4.78 is 26.3. The molecule has 2 aromatic rings. The third kappa shape index (κ3) is 3.46. The molecular formula is C20H24N2O3S. The summed E-state index contributed by atoms with van der Waals surface area (Å²) in [5.74, 6) is -0.177. The monoisotopic (exact) mass is 372 g/mol. The lowest BCUT2D eigenvalue weighted by Gasteiger charge is -2.33. The van der Waals surface area contributed by atoms with E-state index in [9.17, 15) is 13.2 Å². The molecule has 0 saturated carbocycles. The number of carbonyl (C=O) groups excluding carboxylic acids is 1. The fourth-order valence-electron chi connectivity index (χ4n) is 3.48. The quantitative estimate of drug-likeness (QED) is 0.810. The number of anilines is 2. The number of nitrogens with zero attached hydrogens (tertiary/aromatic N) is 2. The first-order valence-electron chi connectivity index (χ1n) is 8.78. The maximum absolute atomic E-state index is 13.3. The van der Waals surface area contributed by atoms with Crippen molar-refractivity contribution in [2.24, 2.45) is 0 Å². The number of para-hydroxylation sites is 1. The lowest BCUT2D eigenvalue weighted by molar-refractivity contribution is -0.119. The number of sulfonamides is 1. The third-order valence-electron chi connectivity index (χ3n) is 4.75. The van der Waals surface area contributed by atoms with Crippen LogP contribution in [0.1, 0.15) is 24.5 Å². The molecule has 0 bridgehead atoms. The second kappa shape index (κ2) is 7.11. The molecule has 0 fully saturated rings. The van der Waals surface area contributed by atoms with Crippen LogP contribution in [0.4, 0.5) is 11.4 Å². The molecule has 26 heavy (non-hydrogen) atoms. The van der Waals surface area contributed by atoms with Gasteiger partial charge in [-0.25, -0.2) is 8.42 Å². The lowest BCUT2D eigenvalue weighted by atomic mass is 10.1. The van der Waals surface area contributed by atoms with Gasteiger partial charge in [0.05, 0.1) is 11.9 Å². The van der Waals surface area contributed by atoms with E-state index in [0.29, 0.717) is 18.7 Å². The molecule has 1 aliphatic rings. The van der Waals surface area contributed by atoms with Crippen LogP contribution in [0.25, 0.3) is 0 Å². The van der Waals surface area contributed by atoms with Gasteiger partial charge in [-0.3, -0.25) is 9.10 Å². The number of hydrogen-bond donors (Lipinski definition) is 0. The van der Waals surface area contributed by atoms with E-state index in [2.05, 4.69) is 0 Å². The smallest absolute Gasteiger partial charge is 0.250 e. The summed E-state index contributed by atoms with van der Waals surface area (Å²) in [6.07, 6.45) is 2.35.